The Labute approximate surface area is 113 Å². The summed E-state index contributed by atoms with van der Waals surface area (Å²) < 4.78 is 0. The zero-order valence-corrected chi connectivity index (χ0v) is 12.3. The molecule has 0 aliphatic carbocycles. The maximum atomic E-state index is 9.51. The number of allylic oxidation sites excluding steroid dienone is 2. The molecule has 0 amide bonds. The minimum Gasteiger partial charge on any atom is -0.395 e. The summed E-state index contributed by atoms with van der Waals surface area (Å²) in [5.41, 5.74) is 2.88. The molecule has 0 aromatic carbocycles. The van der Waals surface area contributed by atoms with Gasteiger partial charge in [-0.15, -0.1) is 13.2 Å². The zero-order valence-electron chi connectivity index (χ0n) is 12.3. The maximum Gasteiger partial charge on any atom is 0.0531 e. The predicted octanol–water partition coefficient (Wildman–Crippen LogP) is 5.03. The van der Waals surface area contributed by atoms with Gasteiger partial charge in [-0.3, -0.25) is 0 Å². The van der Waals surface area contributed by atoms with Crippen LogP contribution >= 0.6 is 0 Å². The average Bonchev–Trinajstić information content (AvgIpc) is 2.40. The summed E-state index contributed by atoms with van der Waals surface area (Å²) in [6, 6.07) is 0. The Hall–Kier alpha value is -0.820. The van der Waals surface area contributed by atoms with Crippen LogP contribution in [0.15, 0.2) is 36.5 Å². The lowest BCUT2D eigenvalue weighted by Crippen LogP contribution is -2.09. The van der Waals surface area contributed by atoms with Gasteiger partial charge in [0.1, 0.15) is 0 Å². The van der Waals surface area contributed by atoms with Gasteiger partial charge >= 0.3 is 0 Å². The van der Waals surface area contributed by atoms with Crippen LogP contribution < -0.4 is 0 Å². The van der Waals surface area contributed by atoms with E-state index in [4.69, 9.17) is 0 Å². The molecule has 0 aliphatic heterocycles. The first-order valence-electron chi connectivity index (χ1n) is 7.30. The normalized spacial score (nSPS) is 13.9. The first-order chi connectivity index (χ1) is 8.74. The summed E-state index contributed by atoms with van der Waals surface area (Å²) in [5.74, 6) is 0.128. The van der Waals surface area contributed by atoms with E-state index in [2.05, 4.69) is 27.0 Å². The molecule has 0 aromatic heterocycles. The first kappa shape index (κ1) is 17.2. The van der Waals surface area contributed by atoms with Gasteiger partial charge in [0.2, 0.25) is 0 Å². The molecule has 0 aliphatic rings. The summed E-state index contributed by atoms with van der Waals surface area (Å²) in [4.78, 5) is 0. The monoisotopic (exact) mass is 250 g/mol. The third-order valence-corrected chi connectivity index (χ3v) is 3.41. The fraction of sp³-hybridized carbons (Fsp3) is 0.647. The fourth-order valence-corrected chi connectivity index (χ4v) is 2.28. The Bertz CT molecular complexity index is 263. The van der Waals surface area contributed by atoms with Crippen LogP contribution in [0.1, 0.15) is 58.8 Å². The van der Waals surface area contributed by atoms with Gasteiger partial charge in [-0.2, -0.15) is 0 Å². The van der Waals surface area contributed by atoms with E-state index in [0.717, 1.165) is 19.3 Å². The summed E-state index contributed by atoms with van der Waals surface area (Å²) >= 11 is 0. The number of aliphatic hydroxyl groups is 1. The highest BCUT2D eigenvalue weighted by Crippen LogP contribution is 2.28. The molecule has 1 atom stereocenters. The van der Waals surface area contributed by atoms with Crippen LogP contribution in [0.5, 0.6) is 0 Å². The molecular weight excluding hydrogens is 220 g/mol. The van der Waals surface area contributed by atoms with Crippen molar-refractivity contribution in [3.8, 4) is 0 Å². The largest absolute Gasteiger partial charge is 0.395 e. The summed E-state index contributed by atoms with van der Waals surface area (Å²) in [6.07, 6.45) is 11.8. The molecule has 1 heteroatoms. The Morgan fingerprint density at radius 2 is 1.72 bits per heavy atom. The van der Waals surface area contributed by atoms with E-state index < -0.39 is 0 Å². The molecule has 18 heavy (non-hydrogen) atoms. The molecule has 0 aromatic rings. The minimum absolute atomic E-state index is 0.128. The minimum atomic E-state index is 0.128. The van der Waals surface area contributed by atoms with Gasteiger partial charge < -0.3 is 5.11 Å². The molecule has 0 saturated heterocycles. The van der Waals surface area contributed by atoms with Gasteiger partial charge in [0.25, 0.3) is 0 Å². The van der Waals surface area contributed by atoms with Crippen molar-refractivity contribution in [2.75, 3.05) is 6.61 Å². The van der Waals surface area contributed by atoms with Crippen molar-refractivity contribution in [3.05, 3.63) is 36.5 Å². The highest BCUT2D eigenvalue weighted by atomic mass is 16.3. The van der Waals surface area contributed by atoms with Gasteiger partial charge in [-0.25, -0.2) is 0 Å². The molecule has 0 spiro atoms. The van der Waals surface area contributed by atoms with Gasteiger partial charge in [-0.1, -0.05) is 50.0 Å². The lowest BCUT2D eigenvalue weighted by Gasteiger charge is -2.20. The van der Waals surface area contributed by atoms with Crippen LogP contribution in [0.3, 0.4) is 0 Å². The lowest BCUT2D eigenvalue weighted by molar-refractivity contribution is 0.265. The molecule has 0 radical (unpaired) electrons. The fourth-order valence-electron chi connectivity index (χ4n) is 2.28. The van der Waals surface area contributed by atoms with Crippen LogP contribution in [-0.2, 0) is 0 Å². The van der Waals surface area contributed by atoms with Gasteiger partial charge in [0.05, 0.1) is 6.61 Å². The Morgan fingerprint density at radius 3 is 2.17 bits per heavy atom. The third kappa shape index (κ3) is 6.20. The number of rotatable bonds is 11. The van der Waals surface area contributed by atoms with Crippen LogP contribution in [0.2, 0.25) is 0 Å². The van der Waals surface area contributed by atoms with Crippen LogP contribution in [0.4, 0.5) is 0 Å². The second-order valence-corrected chi connectivity index (χ2v) is 4.85. The third-order valence-electron chi connectivity index (χ3n) is 3.41. The highest BCUT2D eigenvalue weighted by Gasteiger charge is 2.14. The van der Waals surface area contributed by atoms with E-state index in [0.29, 0.717) is 0 Å². The molecule has 0 heterocycles. The predicted molar refractivity (Wildman–Crippen MR) is 81.7 cm³/mol. The number of unbranched alkanes of at least 4 members (excludes halogenated alkanes) is 2. The zero-order chi connectivity index (χ0) is 13.8. The molecule has 0 bridgehead atoms. The number of hydrogen-bond donors (Lipinski definition) is 1. The van der Waals surface area contributed by atoms with E-state index in [9.17, 15) is 5.11 Å². The van der Waals surface area contributed by atoms with Crippen molar-refractivity contribution in [3.63, 3.8) is 0 Å². The van der Waals surface area contributed by atoms with E-state index in [1.807, 2.05) is 12.2 Å². The summed E-state index contributed by atoms with van der Waals surface area (Å²) in [6.45, 7) is 12.3. The van der Waals surface area contributed by atoms with Crippen LogP contribution in [-0.4, -0.2) is 11.7 Å². The molecular formula is C17H30O. The summed E-state index contributed by atoms with van der Waals surface area (Å²) in [7, 11) is 0. The van der Waals surface area contributed by atoms with E-state index in [1.54, 1.807) is 0 Å². The smallest absolute Gasteiger partial charge is 0.0531 e. The van der Waals surface area contributed by atoms with Gasteiger partial charge in [0, 0.05) is 5.92 Å². The van der Waals surface area contributed by atoms with Gasteiger partial charge in [0.15, 0.2) is 0 Å². The molecule has 0 rings (SSSR count). The molecule has 1 unspecified atom stereocenters. The Balaban J connectivity index is 5.08. The standard InChI is InChI=1S/C17H30O/c1-5-9-12-16(11-7-3)17(13-10-6-2)15(8-4)14-18/h7-8,15,18H,3-6,9-14H2,1-2H3/b17-16+. The molecule has 0 fully saturated rings. The quantitative estimate of drug-likeness (QED) is 0.510. The second kappa shape index (κ2) is 11.3. The Morgan fingerprint density at radius 1 is 1.11 bits per heavy atom. The van der Waals surface area contributed by atoms with Crippen LogP contribution in [0, 0.1) is 5.92 Å². The van der Waals surface area contributed by atoms with Crippen molar-refractivity contribution >= 4 is 0 Å². The topological polar surface area (TPSA) is 20.2 Å². The van der Waals surface area contributed by atoms with Crippen molar-refractivity contribution in [2.24, 2.45) is 5.92 Å². The van der Waals surface area contributed by atoms with Gasteiger partial charge in [-0.05, 0) is 32.1 Å². The number of hydrogen-bond acceptors (Lipinski definition) is 1. The van der Waals surface area contributed by atoms with Crippen LogP contribution in [0.25, 0.3) is 0 Å². The summed E-state index contributed by atoms with van der Waals surface area (Å²) in [5, 5.41) is 9.51. The molecule has 1 nitrogen and oxygen atoms in total. The van der Waals surface area contributed by atoms with Crippen molar-refractivity contribution in [1.29, 1.82) is 0 Å². The molecule has 104 valence electrons. The first-order valence-corrected chi connectivity index (χ1v) is 7.30. The van der Waals surface area contributed by atoms with Crippen molar-refractivity contribution in [2.45, 2.75) is 58.8 Å². The highest BCUT2D eigenvalue weighted by molar-refractivity contribution is 5.22. The maximum absolute atomic E-state index is 9.51. The van der Waals surface area contributed by atoms with Crippen molar-refractivity contribution < 1.29 is 5.11 Å². The lowest BCUT2D eigenvalue weighted by atomic mass is 9.87. The molecule has 0 saturated carbocycles. The van der Waals surface area contributed by atoms with Crippen molar-refractivity contribution in [1.82, 2.24) is 0 Å². The Kier molecular flexibility index (Phi) is 10.8. The SMILES string of the molecule is C=CC/C(CCCC)=C(/CCCC)C(C=C)CO. The number of aliphatic hydroxyl groups excluding tert-OH is 1. The van der Waals surface area contributed by atoms with E-state index >= 15 is 0 Å². The molecule has 1 N–H and O–H groups in total. The average molecular weight is 250 g/mol. The van der Waals surface area contributed by atoms with E-state index in [-0.39, 0.29) is 12.5 Å². The van der Waals surface area contributed by atoms with E-state index in [1.165, 1.54) is 36.8 Å². The second-order valence-electron chi connectivity index (χ2n) is 4.85.